The van der Waals surface area contributed by atoms with Crippen molar-refractivity contribution in [1.29, 1.82) is 0 Å². The number of hydrogen-bond donors (Lipinski definition) is 1. The van der Waals surface area contributed by atoms with Gasteiger partial charge in [-0.3, -0.25) is 19.4 Å². The first-order valence-corrected chi connectivity index (χ1v) is 10.0. The standard InChI is InChI=1S/C21H34N4O4/c1-16(2)22-20(26)14-23(3)15-21(27)25-10-8-24(9-11-25)13-17-12-18(28-4)6-7-19(17)29-5/h6-7,12,16H,8-11,13-15H2,1-5H3,(H,22,26). The van der Waals surface area contributed by atoms with Crippen LogP contribution in [0.4, 0.5) is 0 Å². The highest BCUT2D eigenvalue weighted by Gasteiger charge is 2.23. The molecule has 29 heavy (non-hydrogen) atoms. The van der Waals surface area contributed by atoms with Gasteiger partial charge in [0.25, 0.3) is 0 Å². The molecular weight excluding hydrogens is 372 g/mol. The van der Waals surface area contributed by atoms with E-state index in [2.05, 4.69) is 10.2 Å². The summed E-state index contributed by atoms with van der Waals surface area (Å²) >= 11 is 0. The number of nitrogens with zero attached hydrogens (tertiary/aromatic N) is 3. The van der Waals surface area contributed by atoms with Crippen LogP contribution in [-0.4, -0.2) is 93.1 Å². The van der Waals surface area contributed by atoms with Crippen LogP contribution in [0.5, 0.6) is 11.5 Å². The molecule has 8 nitrogen and oxygen atoms in total. The van der Waals surface area contributed by atoms with Crippen LogP contribution >= 0.6 is 0 Å². The van der Waals surface area contributed by atoms with E-state index < -0.39 is 0 Å². The smallest absolute Gasteiger partial charge is 0.236 e. The van der Waals surface area contributed by atoms with E-state index >= 15 is 0 Å². The number of piperazine rings is 1. The molecule has 0 bridgehead atoms. The number of hydrogen-bond acceptors (Lipinski definition) is 6. The van der Waals surface area contributed by atoms with E-state index in [1.807, 2.05) is 36.9 Å². The highest BCUT2D eigenvalue weighted by atomic mass is 16.5. The van der Waals surface area contributed by atoms with Crippen LogP contribution in [0.1, 0.15) is 19.4 Å². The van der Waals surface area contributed by atoms with Gasteiger partial charge in [-0.15, -0.1) is 0 Å². The molecule has 1 aliphatic heterocycles. The minimum atomic E-state index is -0.0626. The van der Waals surface area contributed by atoms with Gasteiger partial charge in [0.2, 0.25) is 11.8 Å². The zero-order valence-corrected chi connectivity index (χ0v) is 18.2. The van der Waals surface area contributed by atoms with Crippen LogP contribution in [0, 0.1) is 0 Å². The summed E-state index contributed by atoms with van der Waals surface area (Å²) in [5, 5.41) is 2.84. The molecule has 1 aromatic rings. The van der Waals surface area contributed by atoms with E-state index in [1.54, 1.807) is 26.2 Å². The molecule has 1 saturated heterocycles. The van der Waals surface area contributed by atoms with E-state index in [9.17, 15) is 9.59 Å². The van der Waals surface area contributed by atoms with Crippen LogP contribution in [-0.2, 0) is 16.1 Å². The first-order valence-electron chi connectivity index (χ1n) is 10.0. The first kappa shape index (κ1) is 23.0. The molecule has 0 radical (unpaired) electrons. The maximum atomic E-state index is 12.6. The lowest BCUT2D eigenvalue weighted by Crippen LogP contribution is -2.51. The molecule has 1 aliphatic rings. The number of rotatable bonds is 9. The molecule has 1 fully saturated rings. The molecule has 1 aromatic carbocycles. The average Bonchev–Trinajstić information content (AvgIpc) is 2.67. The van der Waals surface area contributed by atoms with E-state index in [1.165, 1.54) is 0 Å². The molecule has 0 saturated carbocycles. The van der Waals surface area contributed by atoms with Crippen molar-refractivity contribution in [1.82, 2.24) is 20.0 Å². The predicted molar refractivity (Wildman–Crippen MR) is 112 cm³/mol. The zero-order valence-electron chi connectivity index (χ0n) is 18.2. The van der Waals surface area contributed by atoms with Gasteiger partial charge in [-0.1, -0.05) is 0 Å². The summed E-state index contributed by atoms with van der Waals surface area (Å²) in [5.74, 6) is 1.64. The highest BCUT2D eigenvalue weighted by Crippen LogP contribution is 2.25. The lowest BCUT2D eigenvalue weighted by molar-refractivity contribution is -0.134. The maximum absolute atomic E-state index is 12.6. The van der Waals surface area contributed by atoms with Crippen LogP contribution in [0.25, 0.3) is 0 Å². The minimum Gasteiger partial charge on any atom is -0.497 e. The second kappa shape index (κ2) is 11.0. The Bertz CT molecular complexity index is 687. The Morgan fingerprint density at radius 2 is 1.79 bits per heavy atom. The topological polar surface area (TPSA) is 74.4 Å². The van der Waals surface area contributed by atoms with Gasteiger partial charge in [-0.05, 0) is 39.1 Å². The van der Waals surface area contributed by atoms with E-state index in [0.29, 0.717) is 13.1 Å². The average molecular weight is 407 g/mol. The third-order valence-electron chi connectivity index (χ3n) is 4.87. The molecule has 0 spiro atoms. The molecule has 0 unspecified atom stereocenters. The fraction of sp³-hybridized carbons (Fsp3) is 0.619. The van der Waals surface area contributed by atoms with Gasteiger partial charge < -0.3 is 19.7 Å². The van der Waals surface area contributed by atoms with Crippen LogP contribution in [0.2, 0.25) is 0 Å². The number of carbonyl (C=O) groups is 2. The Hall–Kier alpha value is -2.32. The summed E-state index contributed by atoms with van der Waals surface area (Å²) in [6.45, 7) is 8.00. The summed E-state index contributed by atoms with van der Waals surface area (Å²) in [6, 6.07) is 5.90. The zero-order chi connectivity index (χ0) is 21.4. The minimum absolute atomic E-state index is 0.0588. The normalized spacial score (nSPS) is 14.9. The molecule has 2 amide bonds. The number of benzene rings is 1. The largest absolute Gasteiger partial charge is 0.497 e. The molecule has 162 valence electrons. The monoisotopic (exact) mass is 406 g/mol. The molecule has 8 heteroatoms. The molecular formula is C21H34N4O4. The Labute approximate surface area is 173 Å². The third kappa shape index (κ3) is 7.21. The van der Waals surface area contributed by atoms with Gasteiger partial charge in [-0.25, -0.2) is 0 Å². The third-order valence-corrected chi connectivity index (χ3v) is 4.87. The number of methoxy groups -OCH3 is 2. The highest BCUT2D eigenvalue weighted by molar-refractivity contribution is 5.81. The molecule has 0 atom stereocenters. The summed E-state index contributed by atoms with van der Waals surface area (Å²) in [6.07, 6.45) is 0. The number of nitrogens with one attached hydrogen (secondary N) is 1. The molecule has 0 aliphatic carbocycles. The molecule has 1 heterocycles. The number of amides is 2. The van der Waals surface area contributed by atoms with Crippen molar-refractivity contribution in [2.45, 2.75) is 26.4 Å². The molecule has 2 rings (SSSR count). The van der Waals surface area contributed by atoms with Gasteiger partial charge in [0.1, 0.15) is 11.5 Å². The summed E-state index contributed by atoms with van der Waals surface area (Å²) in [5.41, 5.74) is 1.07. The van der Waals surface area contributed by atoms with Crippen LogP contribution < -0.4 is 14.8 Å². The van der Waals surface area contributed by atoms with Gasteiger partial charge >= 0.3 is 0 Å². The summed E-state index contributed by atoms with van der Waals surface area (Å²) < 4.78 is 10.8. The van der Waals surface area contributed by atoms with Crippen molar-refractivity contribution in [3.8, 4) is 11.5 Å². The first-order chi connectivity index (χ1) is 13.8. The SMILES string of the molecule is COc1ccc(OC)c(CN2CCN(C(=O)CN(C)CC(=O)NC(C)C)CC2)c1. The summed E-state index contributed by atoms with van der Waals surface area (Å²) in [7, 11) is 5.11. The Balaban J connectivity index is 1.81. The van der Waals surface area contributed by atoms with E-state index in [4.69, 9.17) is 9.47 Å². The fourth-order valence-electron chi connectivity index (χ4n) is 3.40. The molecule has 1 N–H and O–H groups in total. The maximum Gasteiger partial charge on any atom is 0.236 e. The Morgan fingerprint density at radius 1 is 1.10 bits per heavy atom. The van der Waals surface area contributed by atoms with Crippen LogP contribution in [0.3, 0.4) is 0 Å². The van der Waals surface area contributed by atoms with Gasteiger partial charge in [-0.2, -0.15) is 0 Å². The van der Waals surface area contributed by atoms with Crippen molar-refractivity contribution in [3.63, 3.8) is 0 Å². The van der Waals surface area contributed by atoms with Gasteiger partial charge in [0, 0.05) is 44.3 Å². The number of likely N-dealkylation sites (N-methyl/N-ethyl adjacent to an activating group) is 1. The number of carbonyl (C=O) groups excluding carboxylic acids is 2. The Kier molecular flexibility index (Phi) is 8.72. The van der Waals surface area contributed by atoms with Crippen molar-refractivity contribution >= 4 is 11.8 Å². The van der Waals surface area contributed by atoms with Crippen LogP contribution in [0.15, 0.2) is 18.2 Å². The quantitative estimate of drug-likeness (QED) is 0.654. The fourth-order valence-corrected chi connectivity index (χ4v) is 3.40. The lowest BCUT2D eigenvalue weighted by atomic mass is 10.1. The van der Waals surface area contributed by atoms with Gasteiger partial charge in [0.05, 0.1) is 27.3 Å². The predicted octanol–water partition coefficient (Wildman–Crippen LogP) is 0.804. The summed E-state index contributed by atoms with van der Waals surface area (Å²) in [4.78, 5) is 30.3. The lowest BCUT2D eigenvalue weighted by Gasteiger charge is -2.35. The second-order valence-corrected chi connectivity index (χ2v) is 7.73. The van der Waals surface area contributed by atoms with Crippen molar-refractivity contribution in [2.75, 3.05) is 60.5 Å². The van der Waals surface area contributed by atoms with Gasteiger partial charge in [0.15, 0.2) is 0 Å². The van der Waals surface area contributed by atoms with E-state index in [-0.39, 0.29) is 30.9 Å². The molecule has 0 aromatic heterocycles. The van der Waals surface area contributed by atoms with Crippen molar-refractivity contribution < 1.29 is 19.1 Å². The second-order valence-electron chi connectivity index (χ2n) is 7.73. The van der Waals surface area contributed by atoms with Crippen molar-refractivity contribution in [3.05, 3.63) is 23.8 Å². The van der Waals surface area contributed by atoms with Crippen molar-refractivity contribution in [2.24, 2.45) is 0 Å². The number of ether oxygens (including phenoxy) is 2. The Morgan fingerprint density at radius 3 is 2.38 bits per heavy atom. The van der Waals surface area contributed by atoms with E-state index in [0.717, 1.165) is 36.7 Å².